The molecule has 7 heteroatoms. The molecule has 3 rings (SSSR count). The number of benzene rings is 2. The molecule has 0 atom stereocenters. The van der Waals surface area contributed by atoms with Crippen LogP contribution < -0.4 is 19.6 Å². The standard InChI is InChI=1S/C22H24N2O5/c1-27-16-7-4-14-5-8-18(17(14)13-16)23-24-22(26)11-9-19(25)15-6-10-20(28-2)21(12-15)29-3/h4,6-7,10,12-13H,5,8-9,11H2,1-3H3,(H,24,26)/b23-18+. The highest BCUT2D eigenvalue weighted by molar-refractivity contribution is 6.05. The highest BCUT2D eigenvalue weighted by Gasteiger charge is 2.19. The van der Waals surface area contributed by atoms with Crippen LogP contribution in [0.3, 0.4) is 0 Å². The summed E-state index contributed by atoms with van der Waals surface area (Å²) in [7, 11) is 4.66. The number of rotatable bonds is 8. The highest BCUT2D eigenvalue weighted by atomic mass is 16.5. The minimum atomic E-state index is -0.303. The average molecular weight is 396 g/mol. The fourth-order valence-electron chi connectivity index (χ4n) is 3.24. The molecule has 0 radical (unpaired) electrons. The Bertz CT molecular complexity index is 952. The van der Waals surface area contributed by atoms with E-state index in [1.165, 1.54) is 19.8 Å². The Kier molecular flexibility index (Phi) is 6.49. The van der Waals surface area contributed by atoms with Crippen molar-refractivity contribution < 1.29 is 23.8 Å². The number of hydrazone groups is 1. The molecule has 0 saturated carbocycles. The van der Waals surface area contributed by atoms with E-state index in [1.54, 1.807) is 25.3 Å². The van der Waals surface area contributed by atoms with Gasteiger partial charge in [-0.1, -0.05) is 6.07 Å². The predicted octanol–water partition coefficient (Wildman–Crippen LogP) is 3.14. The molecular formula is C22H24N2O5. The minimum absolute atomic E-state index is 0.0505. The third-order valence-electron chi connectivity index (χ3n) is 4.86. The Morgan fingerprint density at radius 2 is 1.72 bits per heavy atom. The lowest BCUT2D eigenvalue weighted by atomic mass is 10.1. The quantitative estimate of drug-likeness (QED) is 0.547. The summed E-state index contributed by atoms with van der Waals surface area (Å²) in [6.45, 7) is 0. The molecule has 0 heterocycles. The molecule has 29 heavy (non-hydrogen) atoms. The largest absolute Gasteiger partial charge is 0.497 e. The first-order valence-corrected chi connectivity index (χ1v) is 9.33. The Hall–Kier alpha value is -3.35. The number of amides is 1. The number of methoxy groups -OCH3 is 3. The maximum absolute atomic E-state index is 12.4. The van der Waals surface area contributed by atoms with E-state index in [-0.39, 0.29) is 24.5 Å². The SMILES string of the molecule is COc1ccc2c(c1)/C(=N/NC(=O)CCC(=O)c1ccc(OC)c(OC)c1)CC2. The summed E-state index contributed by atoms with van der Waals surface area (Å²) in [6.07, 6.45) is 1.77. The number of aryl methyl sites for hydroxylation is 1. The van der Waals surface area contributed by atoms with E-state index < -0.39 is 0 Å². The van der Waals surface area contributed by atoms with Crippen LogP contribution in [0.1, 0.15) is 40.7 Å². The van der Waals surface area contributed by atoms with Gasteiger partial charge in [0.05, 0.1) is 27.0 Å². The number of nitrogens with zero attached hydrogens (tertiary/aromatic N) is 1. The number of ketones is 1. The molecular weight excluding hydrogens is 372 g/mol. The summed E-state index contributed by atoms with van der Waals surface area (Å²) < 4.78 is 15.6. The van der Waals surface area contributed by atoms with Gasteiger partial charge in [-0.25, -0.2) is 5.43 Å². The molecule has 0 fully saturated rings. The first-order valence-electron chi connectivity index (χ1n) is 9.33. The van der Waals surface area contributed by atoms with Crippen LogP contribution in [0.4, 0.5) is 0 Å². The number of hydrogen-bond donors (Lipinski definition) is 1. The summed E-state index contributed by atoms with van der Waals surface area (Å²) in [6, 6.07) is 10.8. The van der Waals surface area contributed by atoms with E-state index in [1.807, 2.05) is 18.2 Å². The molecule has 0 bridgehead atoms. The van der Waals surface area contributed by atoms with E-state index in [9.17, 15) is 9.59 Å². The van der Waals surface area contributed by atoms with E-state index >= 15 is 0 Å². The van der Waals surface area contributed by atoms with Crippen molar-refractivity contribution in [2.45, 2.75) is 25.7 Å². The first-order chi connectivity index (χ1) is 14.0. The molecule has 1 aliphatic rings. The molecule has 7 nitrogen and oxygen atoms in total. The number of nitrogens with one attached hydrogen (secondary N) is 1. The van der Waals surface area contributed by atoms with Crippen molar-refractivity contribution >= 4 is 17.4 Å². The molecule has 2 aromatic rings. The number of ether oxygens (including phenoxy) is 3. The minimum Gasteiger partial charge on any atom is -0.497 e. The molecule has 2 aromatic carbocycles. The van der Waals surface area contributed by atoms with Gasteiger partial charge in [-0.05, 0) is 48.7 Å². The fourth-order valence-corrected chi connectivity index (χ4v) is 3.24. The lowest BCUT2D eigenvalue weighted by Crippen LogP contribution is -2.20. The van der Waals surface area contributed by atoms with Gasteiger partial charge in [0.15, 0.2) is 17.3 Å². The lowest BCUT2D eigenvalue weighted by molar-refractivity contribution is -0.121. The summed E-state index contributed by atoms with van der Waals surface area (Å²) in [4.78, 5) is 24.5. The Morgan fingerprint density at radius 3 is 2.45 bits per heavy atom. The zero-order valence-corrected chi connectivity index (χ0v) is 16.8. The van der Waals surface area contributed by atoms with Crippen molar-refractivity contribution in [2.75, 3.05) is 21.3 Å². The summed E-state index contributed by atoms with van der Waals surface area (Å²) in [5, 5.41) is 4.25. The number of fused-ring (bicyclic) bond motifs is 1. The van der Waals surface area contributed by atoms with Gasteiger partial charge in [0.2, 0.25) is 5.91 Å². The first kappa shape index (κ1) is 20.4. The third-order valence-corrected chi connectivity index (χ3v) is 4.86. The van der Waals surface area contributed by atoms with E-state index in [2.05, 4.69) is 10.5 Å². The molecule has 152 valence electrons. The van der Waals surface area contributed by atoms with Crippen molar-refractivity contribution in [3.8, 4) is 17.2 Å². The Morgan fingerprint density at radius 1 is 0.931 bits per heavy atom. The van der Waals surface area contributed by atoms with Gasteiger partial charge in [-0.3, -0.25) is 9.59 Å². The zero-order chi connectivity index (χ0) is 20.8. The van der Waals surface area contributed by atoms with E-state index in [4.69, 9.17) is 14.2 Å². The monoisotopic (exact) mass is 396 g/mol. The van der Waals surface area contributed by atoms with Crippen LogP contribution >= 0.6 is 0 Å². The Labute approximate surface area is 169 Å². The lowest BCUT2D eigenvalue weighted by Gasteiger charge is -2.09. The van der Waals surface area contributed by atoms with Gasteiger partial charge >= 0.3 is 0 Å². The molecule has 1 N–H and O–H groups in total. The van der Waals surface area contributed by atoms with Crippen LogP contribution in [0.25, 0.3) is 0 Å². The molecule has 1 aliphatic carbocycles. The number of Topliss-reactive ketones (excluding diaryl/α,β-unsaturated/α-hetero) is 1. The topological polar surface area (TPSA) is 86.2 Å². The molecule has 0 spiro atoms. The average Bonchev–Trinajstić information content (AvgIpc) is 3.17. The maximum Gasteiger partial charge on any atom is 0.240 e. The van der Waals surface area contributed by atoms with Crippen molar-refractivity contribution in [1.82, 2.24) is 5.43 Å². The normalized spacial score (nSPS) is 13.7. The van der Waals surface area contributed by atoms with Crippen molar-refractivity contribution in [3.63, 3.8) is 0 Å². The van der Waals surface area contributed by atoms with Crippen LogP contribution in [0, 0.1) is 0 Å². The van der Waals surface area contributed by atoms with Gasteiger partial charge in [-0.2, -0.15) is 5.10 Å². The predicted molar refractivity (Wildman–Crippen MR) is 109 cm³/mol. The second-order valence-corrected chi connectivity index (χ2v) is 6.61. The van der Waals surface area contributed by atoms with Crippen LogP contribution in [0.5, 0.6) is 17.2 Å². The van der Waals surface area contributed by atoms with Crippen LogP contribution in [0.2, 0.25) is 0 Å². The maximum atomic E-state index is 12.4. The molecule has 0 aromatic heterocycles. The van der Waals surface area contributed by atoms with Gasteiger partial charge in [0, 0.05) is 24.0 Å². The van der Waals surface area contributed by atoms with Gasteiger partial charge < -0.3 is 14.2 Å². The third kappa shape index (κ3) is 4.74. The zero-order valence-electron chi connectivity index (χ0n) is 16.8. The smallest absolute Gasteiger partial charge is 0.240 e. The number of carbonyl (C=O) groups excluding carboxylic acids is 2. The van der Waals surface area contributed by atoms with Crippen LogP contribution in [0.15, 0.2) is 41.5 Å². The second kappa shape index (κ2) is 9.23. The van der Waals surface area contributed by atoms with Crippen LogP contribution in [-0.2, 0) is 11.2 Å². The molecule has 0 aliphatic heterocycles. The Balaban J connectivity index is 1.57. The summed E-state index contributed by atoms with van der Waals surface area (Å²) in [5.74, 6) is 1.33. The van der Waals surface area contributed by atoms with Crippen molar-refractivity contribution in [2.24, 2.45) is 5.10 Å². The summed E-state index contributed by atoms with van der Waals surface area (Å²) in [5.41, 5.74) is 6.03. The molecule has 0 saturated heterocycles. The fraction of sp³-hybridized carbons (Fsp3) is 0.318. The van der Waals surface area contributed by atoms with Crippen LogP contribution in [-0.4, -0.2) is 38.7 Å². The van der Waals surface area contributed by atoms with E-state index in [0.717, 1.165) is 29.9 Å². The second-order valence-electron chi connectivity index (χ2n) is 6.61. The van der Waals surface area contributed by atoms with Gasteiger partial charge in [0.25, 0.3) is 0 Å². The summed E-state index contributed by atoms with van der Waals surface area (Å²) >= 11 is 0. The van der Waals surface area contributed by atoms with Gasteiger partial charge in [0.1, 0.15) is 5.75 Å². The van der Waals surface area contributed by atoms with Gasteiger partial charge in [-0.15, -0.1) is 0 Å². The molecule has 0 unspecified atom stereocenters. The molecule has 1 amide bonds. The number of carbonyl (C=O) groups is 2. The number of hydrogen-bond acceptors (Lipinski definition) is 6. The van der Waals surface area contributed by atoms with Crippen molar-refractivity contribution in [3.05, 3.63) is 53.1 Å². The van der Waals surface area contributed by atoms with Crippen molar-refractivity contribution in [1.29, 1.82) is 0 Å². The van der Waals surface area contributed by atoms with E-state index in [0.29, 0.717) is 17.1 Å². The highest BCUT2D eigenvalue weighted by Crippen LogP contribution is 2.28.